The van der Waals surface area contributed by atoms with Crippen molar-refractivity contribution in [1.82, 2.24) is 0 Å². The molecule has 2 N–H and O–H groups in total. The Hall–Kier alpha value is -1.67. The van der Waals surface area contributed by atoms with Gasteiger partial charge in [-0.25, -0.2) is 0 Å². The molecular formula is C18H21NO. The molecule has 0 radical (unpaired) electrons. The molecule has 1 saturated carbocycles. The van der Waals surface area contributed by atoms with Gasteiger partial charge in [0, 0.05) is 17.5 Å². The number of nitrogens with two attached hydrogens (primary N) is 1. The van der Waals surface area contributed by atoms with Crippen molar-refractivity contribution in [1.29, 1.82) is 0 Å². The van der Waals surface area contributed by atoms with Gasteiger partial charge in [-0.15, -0.1) is 0 Å². The molecule has 2 aromatic rings. The van der Waals surface area contributed by atoms with Crippen LogP contribution in [0, 0.1) is 5.92 Å². The molecule has 2 nitrogen and oxygen atoms in total. The normalized spacial score (nSPS) is 23.4. The Bertz CT molecular complexity index is 614. The molecule has 0 aliphatic heterocycles. The number of ketones is 1. The second kappa shape index (κ2) is 5.76. The molecule has 1 aliphatic carbocycles. The fourth-order valence-electron chi connectivity index (χ4n) is 3.30. The van der Waals surface area contributed by atoms with Crippen molar-refractivity contribution in [3.8, 4) is 0 Å². The van der Waals surface area contributed by atoms with Crippen LogP contribution >= 0.6 is 0 Å². The Morgan fingerprint density at radius 2 is 1.70 bits per heavy atom. The smallest absolute Gasteiger partial charge is 0.168 e. The molecule has 1 aliphatic rings. The van der Waals surface area contributed by atoms with Crippen molar-refractivity contribution in [2.45, 2.75) is 38.1 Å². The van der Waals surface area contributed by atoms with Crippen LogP contribution in [0.1, 0.15) is 42.5 Å². The Kier molecular flexibility index (Phi) is 3.83. The SMILES string of the molecule is NC1CCCCCC1C(=O)c1cccc2ccccc12. The lowest BCUT2D eigenvalue weighted by Gasteiger charge is -2.20. The van der Waals surface area contributed by atoms with Gasteiger partial charge < -0.3 is 5.73 Å². The van der Waals surface area contributed by atoms with Crippen LogP contribution in [0.15, 0.2) is 42.5 Å². The van der Waals surface area contributed by atoms with Gasteiger partial charge >= 0.3 is 0 Å². The third kappa shape index (κ3) is 2.48. The van der Waals surface area contributed by atoms with E-state index >= 15 is 0 Å². The highest BCUT2D eigenvalue weighted by Crippen LogP contribution is 2.28. The van der Waals surface area contributed by atoms with Gasteiger partial charge in [-0.05, 0) is 23.6 Å². The minimum absolute atomic E-state index is 0.0108. The van der Waals surface area contributed by atoms with E-state index in [4.69, 9.17) is 5.73 Å². The maximum absolute atomic E-state index is 12.9. The van der Waals surface area contributed by atoms with Gasteiger partial charge in [0.05, 0.1) is 0 Å². The van der Waals surface area contributed by atoms with Crippen molar-refractivity contribution in [2.75, 3.05) is 0 Å². The van der Waals surface area contributed by atoms with E-state index in [1.807, 2.05) is 30.3 Å². The number of hydrogen-bond acceptors (Lipinski definition) is 2. The zero-order valence-electron chi connectivity index (χ0n) is 11.7. The second-order valence-electron chi connectivity index (χ2n) is 5.80. The summed E-state index contributed by atoms with van der Waals surface area (Å²) in [6.45, 7) is 0. The Balaban J connectivity index is 1.99. The second-order valence-corrected chi connectivity index (χ2v) is 5.80. The van der Waals surface area contributed by atoms with E-state index < -0.39 is 0 Å². The predicted molar refractivity (Wildman–Crippen MR) is 82.8 cm³/mol. The Morgan fingerprint density at radius 3 is 2.60 bits per heavy atom. The Labute approximate surface area is 120 Å². The number of benzene rings is 2. The number of carbonyl (C=O) groups is 1. The van der Waals surface area contributed by atoms with Crippen LogP contribution in [0.4, 0.5) is 0 Å². The van der Waals surface area contributed by atoms with Crippen LogP contribution in [0.2, 0.25) is 0 Å². The van der Waals surface area contributed by atoms with Gasteiger partial charge in [-0.1, -0.05) is 61.7 Å². The van der Waals surface area contributed by atoms with Crippen molar-refractivity contribution in [3.63, 3.8) is 0 Å². The van der Waals surface area contributed by atoms with Gasteiger partial charge in [0.1, 0.15) is 0 Å². The summed E-state index contributed by atoms with van der Waals surface area (Å²) in [5.74, 6) is 0.222. The molecule has 0 heterocycles. The van der Waals surface area contributed by atoms with Gasteiger partial charge in [0.25, 0.3) is 0 Å². The summed E-state index contributed by atoms with van der Waals surface area (Å²) >= 11 is 0. The lowest BCUT2D eigenvalue weighted by molar-refractivity contribution is 0.0896. The van der Waals surface area contributed by atoms with Crippen molar-refractivity contribution in [2.24, 2.45) is 11.7 Å². The number of carbonyl (C=O) groups excluding carboxylic acids is 1. The molecule has 0 aromatic heterocycles. The molecule has 20 heavy (non-hydrogen) atoms. The van der Waals surface area contributed by atoms with Crippen molar-refractivity contribution >= 4 is 16.6 Å². The fraction of sp³-hybridized carbons (Fsp3) is 0.389. The maximum Gasteiger partial charge on any atom is 0.168 e. The Morgan fingerprint density at radius 1 is 0.950 bits per heavy atom. The minimum atomic E-state index is -0.0108. The first kappa shape index (κ1) is 13.3. The quantitative estimate of drug-likeness (QED) is 0.661. The number of Topliss-reactive ketones (excluding diaryl/α,β-unsaturated/α-hetero) is 1. The molecule has 3 rings (SSSR count). The van der Waals surface area contributed by atoms with Crippen LogP contribution in [-0.4, -0.2) is 11.8 Å². The molecule has 0 spiro atoms. The van der Waals surface area contributed by atoms with Crippen LogP contribution < -0.4 is 5.73 Å². The molecule has 2 atom stereocenters. The first-order chi connectivity index (χ1) is 9.77. The topological polar surface area (TPSA) is 43.1 Å². The van der Waals surface area contributed by atoms with E-state index in [1.54, 1.807) is 0 Å². The molecule has 2 aromatic carbocycles. The van der Waals surface area contributed by atoms with Crippen molar-refractivity contribution < 1.29 is 4.79 Å². The minimum Gasteiger partial charge on any atom is -0.327 e. The third-order valence-corrected chi connectivity index (χ3v) is 4.46. The molecule has 0 saturated heterocycles. The van der Waals surface area contributed by atoms with Crippen molar-refractivity contribution in [3.05, 3.63) is 48.0 Å². The molecule has 0 bridgehead atoms. The summed E-state index contributed by atoms with van der Waals surface area (Å²) in [4.78, 5) is 12.9. The standard InChI is InChI=1S/C18H21NO/c19-17-12-3-1-2-10-16(17)18(20)15-11-6-8-13-7-4-5-9-14(13)15/h4-9,11,16-17H,1-3,10,12,19H2. The van der Waals surface area contributed by atoms with Gasteiger partial charge in [-0.2, -0.15) is 0 Å². The first-order valence-corrected chi connectivity index (χ1v) is 7.55. The number of hydrogen-bond donors (Lipinski definition) is 1. The summed E-state index contributed by atoms with van der Waals surface area (Å²) in [7, 11) is 0. The van der Waals surface area contributed by atoms with Crippen LogP contribution in [0.25, 0.3) is 10.8 Å². The van der Waals surface area contributed by atoms with E-state index in [2.05, 4.69) is 12.1 Å². The molecule has 2 heteroatoms. The van der Waals surface area contributed by atoms with Crippen LogP contribution in [0.3, 0.4) is 0 Å². The molecule has 2 unspecified atom stereocenters. The maximum atomic E-state index is 12.9. The predicted octanol–water partition coefficient (Wildman–Crippen LogP) is 3.93. The zero-order valence-corrected chi connectivity index (χ0v) is 11.7. The van der Waals surface area contributed by atoms with E-state index in [-0.39, 0.29) is 17.7 Å². The van der Waals surface area contributed by atoms with Gasteiger partial charge in [0.15, 0.2) is 5.78 Å². The average Bonchev–Trinajstić information content (AvgIpc) is 2.70. The summed E-state index contributed by atoms with van der Waals surface area (Å²) in [6.07, 6.45) is 5.38. The first-order valence-electron chi connectivity index (χ1n) is 7.55. The van der Waals surface area contributed by atoms with E-state index in [1.165, 1.54) is 6.42 Å². The number of rotatable bonds is 2. The molecule has 0 amide bonds. The van der Waals surface area contributed by atoms with E-state index in [9.17, 15) is 4.79 Å². The molecule has 1 fully saturated rings. The molecular weight excluding hydrogens is 246 g/mol. The summed E-state index contributed by atoms with van der Waals surface area (Å²) in [5, 5.41) is 2.18. The summed E-state index contributed by atoms with van der Waals surface area (Å²) < 4.78 is 0. The third-order valence-electron chi connectivity index (χ3n) is 4.46. The monoisotopic (exact) mass is 267 g/mol. The highest BCUT2D eigenvalue weighted by molar-refractivity contribution is 6.09. The summed E-state index contributed by atoms with van der Waals surface area (Å²) in [5.41, 5.74) is 7.08. The van der Waals surface area contributed by atoms with Gasteiger partial charge in [0.2, 0.25) is 0 Å². The number of fused-ring (bicyclic) bond motifs is 1. The van der Waals surface area contributed by atoms with E-state index in [0.29, 0.717) is 0 Å². The van der Waals surface area contributed by atoms with E-state index in [0.717, 1.165) is 42.0 Å². The lowest BCUT2D eigenvalue weighted by Crippen LogP contribution is -2.34. The zero-order chi connectivity index (χ0) is 13.9. The van der Waals surface area contributed by atoms with Gasteiger partial charge in [-0.3, -0.25) is 4.79 Å². The lowest BCUT2D eigenvalue weighted by atomic mass is 9.86. The summed E-state index contributed by atoms with van der Waals surface area (Å²) in [6, 6.07) is 14.1. The highest BCUT2D eigenvalue weighted by atomic mass is 16.1. The average molecular weight is 267 g/mol. The van der Waals surface area contributed by atoms with Crippen LogP contribution in [-0.2, 0) is 0 Å². The largest absolute Gasteiger partial charge is 0.327 e. The van der Waals surface area contributed by atoms with Crippen LogP contribution in [0.5, 0.6) is 0 Å². The fourth-order valence-corrected chi connectivity index (χ4v) is 3.30. The molecule has 104 valence electrons. The highest BCUT2D eigenvalue weighted by Gasteiger charge is 2.28.